The van der Waals surface area contributed by atoms with E-state index in [1.165, 1.54) is 5.56 Å². The van der Waals surface area contributed by atoms with E-state index in [0.717, 1.165) is 11.3 Å². The van der Waals surface area contributed by atoms with E-state index >= 15 is 0 Å². The summed E-state index contributed by atoms with van der Waals surface area (Å²) in [5, 5.41) is 12.6. The summed E-state index contributed by atoms with van der Waals surface area (Å²) in [6.07, 6.45) is 4.54. The largest absolute Gasteiger partial charge is 0.491 e. The van der Waals surface area contributed by atoms with Crippen molar-refractivity contribution < 1.29 is 9.84 Å². The number of hydrogen-bond donors (Lipinski definition) is 2. The second-order valence-corrected chi connectivity index (χ2v) is 4.07. The molecule has 0 fully saturated rings. The van der Waals surface area contributed by atoms with Crippen LogP contribution in [0.3, 0.4) is 0 Å². The molecule has 0 aliphatic carbocycles. The number of aliphatic hydroxyl groups excluding tert-OH is 1. The van der Waals surface area contributed by atoms with Crippen molar-refractivity contribution in [1.29, 1.82) is 0 Å². The first-order chi connectivity index (χ1) is 8.13. The van der Waals surface area contributed by atoms with Crippen molar-refractivity contribution in [3.8, 4) is 18.1 Å². The van der Waals surface area contributed by atoms with Gasteiger partial charge < -0.3 is 15.2 Å². The van der Waals surface area contributed by atoms with E-state index in [1.807, 2.05) is 26.0 Å². The van der Waals surface area contributed by atoms with E-state index in [9.17, 15) is 5.11 Å². The molecule has 3 nitrogen and oxygen atoms in total. The molecule has 0 heterocycles. The number of rotatable bonds is 6. The van der Waals surface area contributed by atoms with Gasteiger partial charge in [-0.05, 0) is 25.5 Å². The number of benzene rings is 1. The maximum Gasteiger partial charge on any atom is 0.122 e. The van der Waals surface area contributed by atoms with Gasteiger partial charge in [-0.15, -0.1) is 6.42 Å². The topological polar surface area (TPSA) is 41.5 Å². The first-order valence-electron chi connectivity index (χ1n) is 5.65. The van der Waals surface area contributed by atoms with Gasteiger partial charge in [0.25, 0.3) is 0 Å². The highest BCUT2D eigenvalue weighted by Gasteiger charge is 2.05. The smallest absolute Gasteiger partial charge is 0.122 e. The zero-order valence-electron chi connectivity index (χ0n) is 10.4. The average molecular weight is 233 g/mol. The Hall–Kier alpha value is -1.50. The van der Waals surface area contributed by atoms with Gasteiger partial charge in [0.15, 0.2) is 0 Å². The van der Waals surface area contributed by atoms with Gasteiger partial charge in [-0.1, -0.05) is 23.6 Å². The number of hydrogen-bond acceptors (Lipinski definition) is 3. The van der Waals surface area contributed by atoms with Crippen LogP contribution in [-0.4, -0.2) is 30.9 Å². The van der Waals surface area contributed by atoms with Crippen molar-refractivity contribution in [3.05, 3.63) is 29.3 Å². The molecule has 0 aliphatic rings. The van der Waals surface area contributed by atoms with Gasteiger partial charge in [0.2, 0.25) is 0 Å². The standard InChI is InChI=1S/C14H19NO2/c1-4-7-15-9-13(16)10-17-14-6-5-11(2)8-12(14)3/h1,5-6,8,13,15-16H,7,9-10H2,2-3H3. The maximum atomic E-state index is 9.63. The van der Waals surface area contributed by atoms with Gasteiger partial charge in [-0.2, -0.15) is 0 Å². The fraction of sp³-hybridized carbons (Fsp3) is 0.429. The Kier molecular flexibility index (Phi) is 5.55. The molecule has 2 N–H and O–H groups in total. The highest BCUT2D eigenvalue weighted by molar-refractivity contribution is 5.35. The molecule has 0 bridgehead atoms. The van der Waals surface area contributed by atoms with Gasteiger partial charge in [0.05, 0.1) is 6.54 Å². The molecule has 3 heteroatoms. The van der Waals surface area contributed by atoms with Crippen LogP contribution in [0.4, 0.5) is 0 Å². The molecule has 1 rings (SSSR count). The second kappa shape index (κ2) is 6.95. The Morgan fingerprint density at radius 1 is 1.47 bits per heavy atom. The number of ether oxygens (including phenoxy) is 1. The molecule has 1 aromatic carbocycles. The van der Waals surface area contributed by atoms with Gasteiger partial charge >= 0.3 is 0 Å². The molecule has 0 saturated carbocycles. The van der Waals surface area contributed by atoms with Crippen LogP contribution in [0.2, 0.25) is 0 Å². The van der Waals surface area contributed by atoms with Crippen molar-refractivity contribution in [2.45, 2.75) is 20.0 Å². The Labute approximate surface area is 103 Å². The summed E-state index contributed by atoms with van der Waals surface area (Å²) in [6, 6.07) is 5.97. The van der Waals surface area contributed by atoms with Crippen molar-refractivity contribution in [2.24, 2.45) is 0 Å². The monoisotopic (exact) mass is 233 g/mol. The van der Waals surface area contributed by atoms with Crippen LogP contribution in [-0.2, 0) is 0 Å². The van der Waals surface area contributed by atoms with Gasteiger partial charge in [-0.3, -0.25) is 0 Å². The van der Waals surface area contributed by atoms with Gasteiger partial charge in [0, 0.05) is 6.54 Å². The molecular formula is C14H19NO2. The molecule has 1 unspecified atom stereocenters. The first-order valence-corrected chi connectivity index (χ1v) is 5.65. The maximum absolute atomic E-state index is 9.63. The minimum absolute atomic E-state index is 0.265. The van der Waals surface area contributed by atoms with Gasteiger partial charge in [-0.25, -0.2) is 0 Å². The van der Waals surface area contributed by atoms with Crippen molar-refractivity contribution in [3.63, 3.8) is 0 Å². The van der Waals surface area contributed by atoms with Crippen LogP contribution < -0.4 is 10.1 Å². The lowest BCUT2D eigenvalue weighted by atomic mass is 10.1. The third kappa shape index (κ3) is 4.90. The van der Waals surface area contributed by atoms with E-state index < -0.39 is 6.10 Å². The van der Waals surface area contributed by atoms with E-state index in [0.29, 0.717) is 13.1 Å². The predicted octanol–water partition coefficient (Wildman–Crippen LogP) is 1.27. The van der Waals surface area contributed by atoms with E-state index in [1.54, 1.807) is 0 Å². The molecule has 1 atom stereocenters. The lowest BCUT2D eigenvalue weighted by molar-refractivity contribution is 0.107. The minimum atomic E-state index is -0.552. The summed E-state index contributed by atoms with van der Waals surface area (Å²) >= 11 is 0. The zero-order chi connectivity index (χ0) is 12.7. The van der Waals surface area contributed by atoms with E-state index in [2.05, 4.69) is 17.3 Å². The molecule has 0 aliphatic heterocycles. The normalized spacial score (nSPS) is 11.9. The number of nitrogens with one attached hydrogen (secondary N) is 1. The van der Waals surface area contributed by atoms with Crippen LogP contribution in [0.1, 0.15) is 11.1 Å². The molecule has 1 aromatic rings. The fourth-order valence-electron chi connectivity index (χ4n) is 1.52. The predicted molar refractivity (Wildman–Crippen MR) is 69.1 cm³/mol. The highest BCUT2D eigenvalue weighted by atomic mass is 16.5. The SMILES string of the molecule is C#CCNCC(O)COc1ccc(C)cc1C. The van der Waals surface area contributed by atoms with Crippen LogP contribution in [0, 0.1) is 26.2 Å². The van der Waals surface area contributed by atoms with Crippen molar-refractivity contribution in [1.82, 2.24) is 5.32 Å². The summed E-state index contributed by atoms with van der Waals surface area (Å²) < 4.78 is 5.54. The van der Waals surface area contributed by atoms with Crippen LogP contribution >= 0.6 is 0 Å². The summed E-state index contributed by atoms with van der Waals surface area (Å²) in [7, 11) is 0. The third-order valence-electron chi connectivity index (χ3n) is 2.37. The lowest BCUT2D eigenvalue weighted by Gasteiger charge is -2.14. The van der Waals surface area contributed by atoms with E-state index in [4.69, 9.17) is 11.2 Å². The molecular weight excluding hydrogens is 214 g/mol. The lowest BCUT2D eigenvalue weighted by Crippen LogP contribution is -2.31. The quantitative estimate of drug-likeness (QED) is 0.574. The Bertz CT molecular complexity index is 396. The van der Waals surface area contributed by atoms with Gasteiger partial charge in [0.1, 0.15) is 18.5 Å². The summed E-state index contributed by atoms with van der Waals surface area (Å²) in [5.41, 5.74) is 2.28. The van der Waals surface area contributed by atoms with Crippen LogP contribution in [0.15, 0.2) is 18.2 Å². The summed E-state index contributed by atoms with van der Waals surface area (Å²) in [4.78, 5) is 0. The zero-order valence-corrected chi connectivity index (χ0v) is 10.4. The summed E-state index contributed by atoms with van der Waals surface area (Å²) in [6.45, 7) is 5.19. The molecule has 0 radical (unpaired) electrons. The molecule has 92 valence electrons. The average Bonchev–Trinajstić information content (AvgIpc) is 2.28. The Balaban J connectivity index is 2.37. The molecule has 0 saturated heterocycles. The third-order valence-corrected chi connectivity index (χ3v) is 2.37. The molecule has 0 spiro atoms. The number of aliphatic hydroxyl groups is 1. The van der Waals surface area contributed by atoms with Crippen LogP contribution in [0.25, 0.3) is 0 Å². The summed E-state index contributed by atoms with van der Waals surface area (Å²) in [5.74, 6) is 3.26. The van der Waals surface area contributed by atoms with E-state index in [-0.39, 0.29) is 6.61 Å². The number of terminal acetylenes is 1. The Morgan fingerprint density at radius 2 is 2.24 bits per heavy atom. The Morgan fingerprint density at radius 3 is 2.88 bits per heavy atom. The van der Waals surface area contributed by atoms with Crippen molar-refractivity contribution in [2.75, 3.05) is 19.7 Å². The highest BCUT2D eigenvalue weighted by Crippen LogP contribution is 2.18. The molecule has 0 aromatic heterocycles. The fourth-order valence-corrected chi connectivity index (χ4v) is 1.52. The van der Waals surface area contributed by atoms with Crippen molar-refractivity contribution >= 4 is 0 Å². The molecule has 0 amide bonds. The minimum Gasteiger partial charge on any atom is -0.491 e. The number of aryl methyl sites for hydroxylation is 2. The van der Waals surface area contributed by atoms with Crippen LogP contribution in [0.5, 0.6) is 5.75 Å². The second-order valence-electron chi connectivity index (χ2n) is 4.07. The molecule has 17 heavy (non-hydrogen) atoms. The first kappa shape index (κ1) is 13.6.